The summed E-state index contributed by atoms with van der Waals surface area (Å²) in [5, 5.41) is 7.07. The summed E-state index contributed by atoms with van der Waals surface area (Å²) < 4.78 is 6.83. The molecule has 7 heteroatoms. The number of amides is 2. The van der Waals surface area contributed by atoms with E-state index in [1.807, 2.05) is 37.5 Å². The number of benzene rings is 1. The first-order valence-electron chi connectivity index (χ1n) is 8.16. The highest BCUT2D eigenvalue weighted by molar-refractivity contribution is 5.86. The summed E-state index contributed by atoms with van der Waals surface area (Å²) in [5.74, 6) is 0.194. The Balaban J connectivity index is 1.77. The first-order valence-corrected chi connectivity index (χ1v) is 8.16. The van der Waals surface area contributed by atoms with Crippen LogP contribution in [0.5, 0.6) is 5.75 Å². The van der Waals surface area contributed by atoms with E-state index >= 15 is 0 Å². The average molecular weight is 342 g/mol. The maximum Gasteiger partial charge on any atom is 0.230 e. The Labute approximate surface area is 146 Å². The average Bonchev–Trinajstić information content (AvgIpc) is 3.00. The third-order valence-corrected chi connectivity index (χ3v) is 4.46. The van der Waals surface area contributed by atoms with E-state index in [4.69, 9.17) is 4.74 Å². The maximum absolute atomic E-state index is 12.7. The van der Waals surface area contributed by atoms with E-state index in [1.54, 1.807) is 23.7 Å². The number of aromatic nitrogens is 2. The number of methoxy groups -OCH3 is 1. The number of fused-ring (bicyclic) bond motifs is 1. The molecule has 1 unspecified atom stereocenters. The van der Waals surface area contributed by atoms with Crippen LogP contribution in [0.15, 0.2) is 30.5 Å². The second-order valence-corrected chi connectivity index (χ2v) is 6.18. The highest BCUT2D eigenvalue weighted by Gasteiger charge is 2.34. The van der Waals surface area contributed by atoms with Crippen molar-refractivity contribution in [2.24, 2.45) is 7.05 Å². The Morgan fingerprint density at radius 1 is 1.32 bits per heavy atom. The molecule has 2 amide bonds. The van der Waals surface area contributed by atoms with Crippen LogP contribution in [0.25, 0.3) is 0 Å². The summed E-state index contributed by atoms with van der Waals surface area (Å²) in [6.07, 6.45) is 2.16. The van der Waals surface area contributed by atoms with Gasteiger partial charge in [0, 0.05) is 38.9 Å². The van der Waals surface area contributed by atoms with Crippen LogP contribution in [0.3, 0.4) is 0 Å². The number of likely N-dealkylation sites (N-methyl/N-ethyl adjacent to an activating group) is 1. The number of rotatable bonds is 4. The Kier molecular flexibility index (Phi) is 4.74. The summed E-state index contributed by atoms with van der Waals surface area (Å²) in [7, 11) is 5.03. The first kappa shape index (κ1) is 17.0. The molecule has 1 N–H and O–H groups in total. The van der Waals surface area contributed by atoms with Crippen molar-refractivity contribution in [1.29, 1.82) is 0 Å². The van der Waals surface area contributed by atoms with Gasteiger partial charge < -0.3 is 15.0 Å². The summed E-state index contributed by atoms with van der Waals surface area (Å²) in [6.45, 7) is 0.824. The molecular weight excluding hydrogens is 320 g/mol. The van der Waals surface area contributed by atoms with Gasteiger partial charge in [0.15, 0.2) is 0 Å². The highest BCUT2D eigenvalue weighted by atomic mass is 16.5. The SMILES string of the molecule is CNC(=O)C1CN(C(=O)Cc2ccc(OC)cc2)Cc2cn(C)nc21. The zero-order valence-corrected chi connectivity index (χ0v) is 14.7. The topological polar surface area (TPSA) is 76.5 Å². The molecule has 0 radical (unpaired) electrons. The third kappa shape index (κ3) is 3.50. The molecule has 1 aliphatic heterocycles. The molecule has 0 saturated carbocycles. The monoisotopic (exact) mass is 342 g/mol. The van der Waals surface area contributed by atoms with Crippen molar-refractivity contribution in [2.45, 2.75) is 18.9 Å². The molecule has 1 atom stereocenters. The van der Waals surface area contributed by atoms with E-state index in [1.165, 1.54) is 0 Å². The quantitative estimate of drug-likeness (QED) is 0.893. The van der Waals surface area contributed by atoms with Crippen molar-refractivity contribution in [3.05, 3.63) is 47.3 Å². The van der Waals surface area contributed by atoms with E-state index in [-0.39, 0.29) is 11.8 Å². The Morgan fingerprint density at radius 3 is 2.68 bits per heavy atom. The lowest BCUT2D eigenvalue weighted by Crippen LogP contribution is -2.43. The molecule has 7 nitrogen and oxygen atoms in total. The molecule has 0 aliphatic carbocycles. The standard InChI is InChI=1S/C18H22N4O3/c1-19-18(24)15-11-22(10-13-9-21(2)20-17(13)15)16(23)8-12-4-6-14(25-3)7-5-12/h4-7,9,15H,8,10-11H2,1-3H3,(H,19,24). The number of carbonyl (C=O) groups excluding carboxylic acids is 2. The van der Waals surface area contributed by atoms with Gasteiger partial charge in [-0.05, 0) is 17.7 Å². The normalized spacial score (nSPS) is 16.3. The molecule has 2 aromatic rings. The van der Waals surface area contributed by atoms with Crippen LogP contribution < -0.4 is 10.1 Å². The molecule has 1 aliphatic rings. The lowest BCUT2D eigenvalue weighted by Gasteiger charge is -2.31. The minimum absolute atomic E-state index is 0.00595. The lowest BCUT2D eigenvalue weighted by atomic mass is 9.95. The molecule has 25 heavy (non-hydrogen) atoms. The first-order chi connectivity index (χ1) is 12.0. The number of hydrogen-bond acceptors (Lipinski definition) is 4. The van der Waals surface area contributed by atoms with Gasteiger partial charge >= 0.3 is 0 Å². The molecule has 132 valence electrons. The van der Waals surface area contributed by atoms with Gasteiger partial charge in [-0.2, -0.15) is 5.10 Å². The Morgan fingerprint density at radius 2 is 2.04 bits per heavy atom. The van der Waals surface area contributed by atoms with Crippen LogP contribution in [-0.4, -0.2) is 47.2 Å². The predicted octanol–water partition coefficient (Wildman–Crippen LogP) is 0.843. The van der Waals surface area contributed by atoms with E-state index in [9.17, 15) is 9.59 Å². The minimum atomic E-state index is -0.435. The fraction of sp³-hybridized carbons (Fsp3) is 0.389. The Bertz CT molecular complexity index is 782. The number of hydrogen-bond donors (Lipinski definition) is 1. The summed E-state index contributed by atoms with van der Waals surface area (Å²) in [5.41, 5.74) is 2.60. The number of nitrogens with one attached hydrogen (secondary N) is 1. The fourth-order valence-corrected chi connectivity index (χ4v) is 3.15. The smallest absolute Gasteiger partial charge is 0.230 e. The lowest BCUT2D eigenvalue weighted by molar-refractivity contribution is -0.133. The zero-order valence-electron chi connectivity index (χ0n) is 14.7. The molecule has 1 aromatic carbocycles. The van der Waals surface area contributed by atoms with Gasteiger partial charge in [-0.3, -0.25) is 14.3 Å². The van der Waals surface area contributed by atoms with E-state index in [2.05, 4.69) is 10.4 Å². The zero-order chi connectivity index (χ0) is 18.0. The maximum atomic E-state index is 12.7. The van der Waals surface area contributed by atoms with Crippen LogP contribution >= 0.6 is 0 Å². The van der Waals surface area contributed by atoms with Crippen molar-refractivity contribution < 1.29 is 14.3 Å². The summed E-state index contributed by atoms with van der Waals surface area (Å²) in [4.78, 5) is 26.7. The number of aryl methyl sites for hydroxylation is 1. The van der Waals surface area contributed by atoms with Gasteiger partial charge in [0.25, 0.3) is 0 Å². The van der Waals surface area contributed by atoms with E-state index in [0.717, 1.165) is 22.6 Å². The number of carbonyl (C=O) groups is 2. The number of ether oxygens (including phenoxy) is 1. The second kappa shape index (κ2) is 6.96. The van der Waals surface area contributed by atoms with Crippen LogP contribution in [0.1, 0.15) is 22.7 Å². The molecule has 0 bridgehead atoms. The molecule has 0 saturated heterocycles. The van der Waals surface area contributed by atoms with Gasteiger partial charge in [-0.1, -0.05) is 12.1 Å². The van der Waals surface area contributed by atoms with Crippen LogP contribution in [0, 0.1) is 0 Å². The van der Waals surface area contributed by atoms with Gasteiger partial charge in [0.2, 0.25) is 11.8 Å². The highest BCUT2D eigenvalue weighted by Crippen LogP contribution is 2.27. The van der Waals surface area contributed by atoms with Gasteiger partial charge in [-0.15, -0.1) is 0 Å². The van der Waals surface area contributed by atoms with Crippen molar-refractivity contribution >= 4 is 11.8 Å². The largest absolute Gasteiger partial charge is 0.497 e. The van der Waals surface area contributed by atoms with E-state index in [0.29, 0.717) is 19.5 Å². The molecule has 1 aromatic heterocycles. The van der Waals surface area contributed by atoms with Crippen LogP contribution in [-0.2, 0) is 29.6 Å². The van der Waals surface area contributed by atoms with Crippen molar-refractivity contribution in [3.8, 4) is 5.75 Å². The minimum Gasteiger partial charge on any atom is -0.497 e. The Hall–Kier alpha value is -2.83. The summed E-state index contributed by atoms with van der Waals surface area (Å²) in [6, 6.07) is 7.44. The van der Waals surface area contributed by atoms with Crippen molar-refractivity contribution in [1.82, 2.24) is 20.0 Å². The molecule has 0 fully saturated rings. The van der Waals surface area contributed by atoms with Crippen LogP contribution in [0.2, 0.25) is 0 Å². The second-order valence-electron chi connectivity index (χ2n) is 6.18. The van der Waals surface area contributed by atoms with Crippen molar-refractivity contribution in [3.63, 3.8) is 0 Å². The third-order valence-electron chi connectivity index (χ3n) is 4.46. The predicted molar refractivity (Wildman–Crippen MR) is 92.1 cm³/mol. The summed E-state index contributed by atoms with van der Waals surface area (Å²) >= 11 is 0. The van der Waals surface area contributed by atoms with Gasteiger partial charge in [0.05, 0.1) is 25.1 Å². The van der Waals surface area contributed by atoms with Gasteiger partial charge in [-0.25, -0.2) is 0 Å². The van der Waals surface area contributed by atoms with Gasteiger partial charge in [0.1, 0.15) is 5.75 Å². The molecule has 3 rings (SSSR count). The van der Waals surface area contributed by atoms with Crippen molar-refractivity contribution in [2.75, 3.05) is 20.7 Å². The van der Waals surface area contributed by atoms with E-state index < -0.39 is 5.92 Å². The molecular formula is C18H22N4O3. The molecule has 0 spiro atoms. The molecule has 2 heterocycles. The van der Waals surface area contributed by atoms with Crippen LogP contribution in [0.4, 0.5) is 0 Å². The number of nitrogens with zero attached hydrogens (tertiary/aromatic N) is 3. The fourth-order valence-electron chi connectivity index (χ4n) is 3.15.